The van der Waals surface area contributed by atoms with Gasteiger partial charge in [0.2, 0.25) is 0 Å². The molecule has 7 nitrogen and oxygen atoms in total. The second-order valence-electron chi connectivity index (χ2n) is 18.1. The first kappa shape index (κ1) is 36.1. The Kier molecular flexibility index (Phi) is 8.97. The molecule has 1 aromatic rings. The molecule has 1 unspecified atom stereocenters. The highest BCUT2D eigenvalue weighted by atomic mass is 32.2. The number of esters is 1. The van der Waals surface area contributed by atoms with Gasteiger partial charge in [-0.25, -0.2) is 13.2 Å². The van der Waals surface area contributed by atoms with Gasteiger partial charge in [-0.1, -0.05) is 64.1 Å². The summed E-state index contributed by atoms with van der Waals surface area (Å²) in [5.74, 6) is 2.09. The van der Waals surface area contributed by atoms with Gasteiger partial charge in [0.1, 0.15) is 0 Å². The van der Waals surface area contributed by atoms with Crippen molar-refractivity contribution in [2.45, 2.75) is 97.1 Å². The highest BCUT2D eigenvalue weighted by Gasteiger charge is 2.70. The van der Waals surface area contributed by atoms with E-state index in [1.807, 2.05) is 12.1 Å². The Morgan fingerprint density at radius 2 is 1.68 bits per heavy atom. The number of allylic oxidation sites excluding steroid dienone is 3. The van der Waals surface area contributed by atoms with Crippen LogP contribution >= 0.6 is 0 Å². The molecule has 4 fully saturated rings. The average molecular weight is 704 g/mol. The number of hydrogen-bond donors (Lipinski definition) is 2. The van der Waals surface area contributed by atoms with Gasteiger partial charge >= 0.3 is 5.97 Å². The molecule has 1 aromatic carbocycles. The van der Waals surface area contributed by atoms with E-state index in [-0.39, 0.29) is 44.8 Å². The highest BCUT2D eigenvalue weighted by Crippen LogP contribution is 2.73. The van der Waals surface area contributed by atoms with Crippen molar-refractivity contribution in [3.05, 3.63) is 65.3 Å². The van der Waals surface area contributed by atoms with E-state index in [0.717, 1.165) is 51.6 Å². The molecule has 8 atom stereocenters. The molecular formula is C42H61N3O4S. The molecule has 7 rings (SSSR count). The summed E-state index contributed by atoms with van der Waals surface area (Å²) in [5.41, 5.74) is 13.7. The Labute approximate surface area is 301 Å². The summed E-state index contributed by atoms with van der Waals surface area (Å²) in [6.45, 7) is 19.8. The van der Waals surface area contributed by atoms with E-state index < -0.39 is 9.84 Å². The molecule has 5 aliphatic carbocycles. The molecule has 50 heavy (non-hydrogen) atoms. The minimum absolute atomic E-state index is 0.00871. The van der Waals surface area contributed by atoms with Crippen LogP contribution in [0.15, 0.2) is 54.1 Å². The van der Waals surface area contributed by atoms with Crippen molar-refractivity contribution < 1.29 is 17.9 Å². The van der Waals surface area contributed by atoms with Crippen LogP contribution in [0.2, 0.25) is 0 Å². The minimum Gasteiger partial charge on any atom is -0.465 e. The largest absolute Gasteiger partial charge is 0.465 e. The summed E-state index contributed by atoms with van der Waals surface area (Å²) in [6.07, 6.45) is 13.8. The van der Waals surface area contributed by atoms with Gasteiger partial charge in [-0.2, -0.15) is 0 Å². The number of rotatable bonds is 7. The van der Waals surface area contributed by atoms with Gasteiger partial charge in [0.05, 0.1) is 24.2 Å². The predicted octanol–water partition coefficient (Wildman–Crippen LogP) is 6.81. The van der Waals surface area contributed by atoms with E-state index in [2.05, 4.69) is 75.7 Å². The third-order valence-corrected chi connectivity index (χ3v) is 17.2. The van der Waals surface area contributed by atoms with E-state index in [1.54, 1.807) is 0 Å². The van der Waals surface area contributed by atoms with Crippen LogP contribution in [-0.4, -0.2) is 75.2 Å². The second-order valence-corrected chi connectivity index (χ2v) is 20.4. The standard InChI is InChI=1S/C42H61N3O4S/c1-28(2)31-14-19-41(44-22-23-45-24-26-50(47,48)27-25-45)20-21-42(43)33(36(31)41)12-13-35-39(5)17-15-32(29-8-10-30(11-9-29)37(46)49-7)38(3,4)34(39)16-18-40(35,42)6/h8-11,14-15,33-36,44H,1,12-13,16-27,43H2,2-7H3/t33-,34+,35-,36-,39+,40-,41?,42+/m1/s1. The van der Waals surface area contributed by atoms with Crippen molar-refractivity contribution >= 4 is 21.4 Å². The third kappa shape index (κ3) is 5.44. The fourth-order valence-electron chi connectivity index (χ4n) is 13.0. The summed E-state index contributed by atoms with van der Waals surface area (Å²) in [7, 11) is -1.45. The Balaban J connectivity index is 1.14. The Bertz CT molecular complexity index is 1700. The maximum Gasteiger partial charge on any atom is 0.337 e. The van der Waals surface area contributed by atoms with E-state index in [0.29, 0.717) is 42.3 Å². The van der Waals surface area contributed by atoms with Crippen molar-refractivity contribution in [1.29, 1.82) is 0 Å². The number of hydrogen-bond acceptors (Lipinski definition) is 7. The molecule has 0 spiro atoms. The fourth-order valence-corrected chi connectivity index (χ4v) is 14.3. The third-order valence-electron chi connectivity index (χ3n) is 15.6. The molecule has 0 radical (unpaired) electrons. The summed E-state index contributed by atoms with van der Waals surface area (Å²) in [4.78, 5) is 14.4. The first-order valence-electron chi connectivity index (χ1n) is 19.2. The van der Waals surface area contributed by atoms with Crippen molar-refractivity contribution in [3.8, 4) is 0 Å². The van der Waals surface area contributed by atoms with Crippen LogP contribution in [0, 0.1) is 39.9 Å². The zero-order valence-corrected chi connectivity index (χ0v) is 32.3. The number of benzene rings is 1. The number of fused-ring (bicyclic) bond motifs is 7. The van der Waals surface area contributed by atoms with Gasteiger partial charge in [0, 0.05) is 43.2 Å². The Hall–Kier alpha value is -2.26. The maximum atomic E-state index is 12.1. The molecule has 1 heterocycles. The molecule has 6 aliphatic rings. The molecule has 3 N–H and O–H groups in total. The summed E-state index contributed by atoms with van der Waals surface area (Å²) in [5, 5.41) is 4.11. The number of nitrogens with one attached hydrogen (secondary N) is 1. The molecule has 274 valence electrons. The van der Waals surface area contributed by atoms with Crippen molar-refractivity contribution in [2.24, 2.45) is 45.7 Å². The van der Waals surface area contributed by atoms with E-state index >= 15 is 0 Å². The van der Waals surface area contributed by atoms with Crippen molar-refractivity contribution in [3.63, 3.8) is 0 Å². The number of nitrogens with zero attached hydrogens (tertiary/aromatic N) is 1. The van der Waals surface area contributed by atoms with Gasteiger partial charge in [0.15, 0.2) is 9.84 Å². The van der Waals surface area contributed by atoms with Gasteiger partial charge < -0.3 is 20.7 Å². The lowest BCUT2D eigenvalue weighted by Crippen LogP contribution is -2.75. The first-order valence-corrected chi connectivity index (χ1v) is 21.1. The maximum absolute atomic E-state index is 12.1. The normalized spacial score (nSPS) is 40.3. The summed E-state index contributed by atoms with van der Waals surface area (Å²) < 4.78 is 29.0. The van der Waals surface area contributed by atoms with Crippen LogP contribution < -0.4 is 11.1 Å². The number of ether oxygens (including phenoxy) is 1. The summed E-state index contributed by atoms with van der Waals surface area (Å²) in [6, 6.07) is 8.00. The molecule has 1 aliphatic heterocycles. The smallest absolute Gasteiger partial charge is 0.337 e. The SMILES string of the molecule is C=C(C)C1=CCC2(NCCN3CCS(=O)(=O)CC3)CC[C@]3(N)[C@H](CC[C@@H]4[C@@]5(C)CC=C(c6ccc(C(=O)OC)cc6)C(C)(C)[C@@H]5CC[C@]43C)[C@@H]12. The number of sulfone groups is 1. The minimum atomic E-state index is -2.88. The van der Waals surface area contributed by atoms with E-state index in [1.165, 1.54) is 42.2 Å². The van der Waals surface area contributed by atoms with Crippen LogP contribution in [-0.2, 0) is 14.6 Å². The predicted molar refractivity (Wildman–Crippen MR) is 202 cm³/mol. The van der Waals surface area contributed by atoms with Crippen LogP contribution in [0.3, 0.4) is 0 Å². The van der Waals surface area contributed by atoms with Crippen LogP contribution in [0.25, 0.3) is 5.57 Å². The Morgan fingerprint density at radius 3 is 2.34 bits per heavy atom. The van der Waals surface area contributed by atoms with E-state index in [4.69, 9.17) is 10.5 Å². The monoisotopic (exact) mass is 703 g/mol. The highest BCUT2D eigenvalue weighted by molar-refractivity contribution is 7.91. The van der Waals surface area contributed by atoms with Crippen molar-refractivity contribution in [1.82, 2.24) is 10.2 Å². The van der Waals surface area contributed by atoms with Crippen LogP contribution in [0.5, 0.6) is 0 Å². The van der Waals surface area contributed by atoms with Gasteiger partial charge in [-0.15, -0.1) is 0 Å². The van der Waals surface area contributed by atoms with E-state index in [9.17, 15) is 13.2 Å². The molecule has 0 amide bonds. The molecule has 3 saturated carbocycles. The lowest BCUT2D eigenvalue weighted by molar-refractivity contribution is -0.181. The zero-order valence-electron chi connectivity index (χ0n) is 31.4. The van der Waals surface area contributed by atoms with Crippen molar-refractivity contribution in [2.75, 3.05) is 44.8 Å². The van der Waals surface area contributed by atoms with Crippen LogP contribution in [0.1, 0.15) is 102 Å². The topological polar surface area (TPSA) is 102 Å². The Morgan fingerprint density at radius 1 is 0.980 bits per heavy atom. The van der Waals surface area contributed by atoms with Crippen LogP contribution in [0.4, 0.5) is 0 Å². The zero-order chi connectivity index (χ0) is 35.9. The molecule has 0 bridgehead atoms. The number of methoxy groups -OCH3 is 1. The molecule has 0 aromatic heterocycles. The average Bonchev–Trinajstić information content (AvgIpc) is 3.45. The second kappa shape index (κ2) is 12.4. The molecule has 8 heteroatoms. The summed E-state index contributed by atoms with van der Waals surface area (Å²) >= 11 is 0. The van der Waals surface area contributed by atoms with Gasteiger partial charge in [-0.05, 0) is 121 Å². The quantitative estimate of drug-likeness (QED) is 0.301. The number of nitrogens with two attached hydrogens (primary N) is 1. The lowest BCUT2D eigenvalue weighted by Gasteiger charge is -2.72. The van der Waals surface area contributed by atoms with Gasteiger partial charge in [0.25, 0.3) is 0 Å². The number of carbonyl (C=O) groups is 1. The van der Waals surface area contributed by atoms with Gasteiger partial charge in [-0.3, -0.25) is 0 Å². The molecule has 1 saturated heterocycles. The lowest BCUT2D eigenvalue weighted by atomic mass is 9.34. The first-order chi connectivity index (χ1) is 23.5. The fraction of sp³-hybridized carbons (Fsp3) is 0.690. The number of carbonyl (C=O) groups excluding carboxylic acids is 1. The molecular weight excluding hydrogens is 643 g/mol.